The Morgan fingerprint density at radius 1 is 0.163 bits per heavy atom. The SMILES string of the molecule is Cc1ccc(S(=O)(=O)OCC2OC3OC4C(COS(=O)(=O)c5ccc(C)cc5)OC(OC5C(COS(=O)(=O)c6ccc(C)cc6)OC(OC6C(COS(=O)(=O)c7ccc(C)cc7)OC(OC7C(COS(=O)(=O)c8ccc(C)cc8)OC(OC8C(COS(=O)(=O)c9ccc(C)cc9)OC(OC9C(COS(=O)(=O)c%10ccc(C)cc%10)OC(OC2C(O)C3O)C(O)C9O)C(O)C8O)C(O)C7O)C(O)C6O)C(O)C5O)C(O)C4O)cc1. The average molecular weight is 2210 g/mol. The van der Waals surface area contributed by atoms with E-state index in [1.165, 1.54) is 84.9 Å². The maximum Gasteiger partial charge on any atom is 0.297 e. The number of aliphatic hydroxyl groups is 14. The zero-order valence-corrected chi connectivity index (χ0v) is 84.4. The van der Waals surface area contributed by atoms with Crippen LogP contribution < -0.4 is 0 Å². The first kappa shape index (κ1) is 114. The van der Waals surface area contributed by atoms with E-state index in [0.717, 1.165) is 84.9 Å². The highest BCUT2D eigenvalue weighted by atomic mass is 32.2. The van der Waals surface area contributed by atoms with Gasteiger partial charge < -0.3 is 138 Å². The molecule has 28 rings (SSSR count). The Kier molecular flexibility index (Phi) is 36.1. The first-order chi connectivity index (χ1) is 69.2. The second-order valence-corrected chi connectivity index (χ2v) is 47.5. The van der Waals surface area contributed by atoms with Gasteiger partial charge in [0.1, 0.15) is 171 Å². The molecule has 21 aliphatic heterocycles. The van der Waals surface area contributed by atoms with Crippen molar-refractivity contribution in [1.29, 1.82) is 0 Å². The second-order valence-electron chi connectivity index (χ2n) is 36.2. The monoisotopic (exact) mass is 2210 g/mol. The van der Waals surface area contributed by atoms with E-state index in [-0.39, 0.29) is 0 Å². The van der Waals surface area contributed by atoms with Crippen LogP contribution in [0.15, 0.2) is 204 Å². The van der Waals surface area contributed by atoms with Gasteiger partial charge in [-0.05, 0) is 133 Å². The van der Waals surface area contributed by atoms with Gasteiger partial charge in [-0.2, -0.15) is 58.9 Å². The third-order valence-corrected chi connectivity index (χ3v) is 34.5. The topological polar surface area (TPSA) is 716 Å². The highest BCUT2D eigenvalue weighted by molar-refractivity contribution is 7.88. The van der Waals surface area contributed by atoms with Gasteiger partial charge in [0.2, 0.25) is 0 Å². The van der Waals surface area contributed by atoms with Crippen molar-refractivity contribution in [3.05, 3.63) is 209 Å². The molecule has 0 amide bonds. The molecule has 7 aromatic rings. The zero-order valence-electron chi connectivity index (χ0n) is 78.7. The molecule has 21 saturated heterocycles. The van der Waals surface area contributed by atoms with E-state index in [1.54, 1.807) is 48.5 Å². The molecule has 0 aliphatic carbocycles. The third-order valence-electron chi connectivity index (χ3n) is 25.4. The van der Waals surface area contributed by atoms with Crippen LogP contribution in [0.4, 0.5) is 0 Å². The second kappa shape index (κ2) is 46.6. The van der Waals surface area contributed by atoms with Crippen molar-refractivity contribution >= 4 is 70.8 Å². The molecule has 56 heteroatoms. The van der Waals surface area contributed by atoms with Crippen LogP contribution in [0.1, 0.15) is 38.9 Å². The molecule has 35 unspecified atom stereocenters. The minimum absolute atomic E-state index is 0.528. The molecule has 0 saturated carbocycles. The molecular weight excluding hydrogens is 2100 g/mol. The molecule has 35 atom stereocenters. The molecule has 0 aromatic heterocycles. The summed E-state index contributed by atoms with van der Waals surface area (Å²) in [5.74, 6) is 0. The average Bonchev–Trinajstić information content (AvgIpc) is 0.822. The molecule has 0 spiro atoms. The van der Waals surface area contributed by atoms with Gasteiger partial charge in [0.25, 0.3) is 70.8 Å². The van der Waals surface area contributed by atoms with Gasteiger partial charge in [-0.15, -0.1) is 0 Å². The maximum absolute atomic E-state index is 14.3. The van der Waals surface area contributed by atoms with Gasteiger partial charge in [-0.3, -0.25) is 29.3 Å². The fourth-order valence-corrected chi connectivity index (χ4v) is 23.3. The van der Waals surface area contributed by atoms with E-state index in [4.69, 9.17) is 95.6 Å². The summed E-state index contributed by atoms with van der Waals surface area (Å²) in [6.07, 6.45) is -89.2. The van der Waals surface area contributed by atoms with E-state index in [9.17, 15) is 130 Å². The van der Waals surface area contributed by atoms with Crippen molar-refractivity contribution < 1.29 is 226 Å². The summed E-state index contributed by atoms with van der Waals surface area (Å²) in [6.45, 7) is 1.46. The van der Waals surface area contributed by atoms with Crippen LogP contribution in [0.5, 0.6) is 0 Å². The van der Waals surface area contributed by atoms with Crippen molar-refractivity contribution in [2.24, 2.45) is 0 Å². The standard InChI is InChI=1S/C91H112O49S7/c1-43-8-22-50(23-9-43)141(106,107)120-36-57-78-64(92)71(99)85(127-57)135-79-58(37-121-142(108,109)51-24-10-44(2)11-25-51)129-87(73(101)66(79)94)137-81-60(39-123-144(112,113)53-28-14-46(4)15-29-53)131-89(75(103)68(81)96)139-83-62(41-125-146(116,117)55-32-18-48(6)19-33-55)133-91(77(105)70(83)98)140-84-63(42-126-147(118,119)56-34-20-49(7)21-35-56)132-90(76(104)69(84)97)138-82-61(40-124-145(114,115)54-30-16-47(5)17-31-54)130-88(74(102)67(82)95)136-80-59(128-86(134-78)72(100)65(80)93)38-122-143(110,111)52-26-12-45(3)13-27-52/h8-35,57-105H,36-42H2,1-7H3. The Balaban J connectivity index is 0.853. The van der Waals surface area contributed by atoms with Gasteiger partial charge in [-0.25, -0.2) is 0 Å². The van der Waals surface area contributed by atoms with Crippen LogP contribution >= 0.6 is 0 Å². The van der Waals surface area contributed by atoms with Crippen LogP contribution in [-0.2, 0) is 166 Å². The fraction of sp³-hybridized carbons (Fsp3) is 0.538. The first-order valence-corrected chi connectivity index (χ1v) is 55.5. The first-order valence-electron chi connectivity index (χ1n) is 45.6. The molecule has 812 valence electrons. The van der Waals surface area contributed by atoms with Gasteiger partial charge in [0.15, 0.2) is 44.0 Å². The third kappa shape index (κ3) is 26.2. The van der Waals surface area contributed by atoms with Crippen molar-refractivity contribution in [3.8, 4) is 0 Å². The number of aliphatic hydroxyl groups excluding tert-OH is 14. The molecule has 7 aromatic carbocycles. The number of hydrogen-bond acceptors (Lipinski definition) is 49. The van der Waals surface area contributed by atoms with E-state index in [1.807, 2.05) is 0 Å². The molecule has 21 aliphatic rings. The summed E-state index contributed by atoms with van der Waals surface area (Å²) in [4.78, 5) is -3.70. The van der Waals surface area contributed by atoms with E-state index >= 15 is 0 Å². The van der Waals surface area contributed by atoms with Gasteiger partial charge >= 0.3 is 0 Å². The fourth-order valence-electron chi connectivity index (χ4n) is 16.8. The Morgan fingerprint density at radius 2 is 0.259 bits per heavy atom. The highest BCUT2D eigenvalue weighted by Gasteiger charge is 2.62. The van der Waals surface area contributed by atoms with E-state index < -0.39 is 366 Å². The molecule has 14 bridgehead atoms. The molecule has 0 radical (unpaired) electrons. The van der Waals surface area contributed by atoms with Gasteiger partial charge in [0, 0.05) is 0 Å². The van der Waals surface area contributed by atoms with Crippen LogP contribution in [0, 0.1) is 48.5 Å². The number of rotatable bonds is 28. The summed E-state index contributed by atoms with van der Waals surface area (Å²) in [7, 11) is -35.2. The summed E-state index contributed by atoms with van der Waals surface area (Å²) in [5, 5.41) is 176. The van der Waals surface area contributed by atoms with Crippen LogP contribution in [0.2, 0.25) is 0 Å². The van der Waals surface area contributed by atoms with Gasteiger partial charge in [-0.1, -0.05) is 124 Å². The van der Waals surface area contributed by atoms with Crippen LogP contribution in [0.3, 0.4) is 0 Å². The van der Waals surface area contributed by atoms with Crippen molar-refractivity contribution in [3.63, 3.8) is 0 Å². The minimum atomic E-state index is -5.03. The van der Waals surface area contributed by atoms with E-state index in [2.05, 4.69) is 0 Å². The summed E-state index contributed by atoms with van der Waals surface area (Å²) in [5.41, 5.74) is 3.81. The Hall–Kier alpha value is -7.21. The molecular formula is C91H112O49S7. The Bertz CT molecular complexity index is 5380. The van der Waals surface area contributed by atoms with Crippen molar-refractivity contribution in [2.45, 2.75) is 298 Å². The predicted octanol–water partition coefficient (Wildman–Crippen LogP) is -3.18. The summed E-state index contributed by atoms with van der Waals surface area (Å²) >= 11 is 0. The number of benzene rings is 7. The lowest BCUT2D eigenvalue weighted by Gasteiger charge is -2.50. The lowest BCUT2D eigenvalue weighted by molar-refractivity contribution is -0.395. The Labute approximate surface area is 844 Å². The smallest absolute Gasteiger partial charge is 0.297 e. The normalized spacial score (nSPS) is 35.3. The zero-order chi connectivity index (χ0) is 106. The van der Waals surface area contributed by atoms with Crippen LogP contribution in [-0.4, -0.2) is 392 Å². The summed E-state index contributed by atoms with van der Waals surface area (Å²) in [6, 6.07) is 34.6. The van der Waals surface area contributed by atoms with Crippen LogP contribution in [0.25, 0.3) is 0 Å². The molecule has 49 nitrogen and oxygen atoms in total. The number of hydrogen-bond donors (Lipinski definition) is 14. The van der Waals surface area contributed by atoms with Gasteiger partial charge in [0.05, 0.1) is 80.5 Å². The van der Waals surface area contributed by atoms with E-state index in [0.29, 0.717) is 38.9 Å². The summed E-state index contributed by atoms with van der Waals surface area (Å²) < 4.78 is 325. The lowest BCUT2D eigenvalue weighted by atomic mass is 9.95. The lowest BCUT2D eigenvalue weighted by Crippen LogP contribution is -2.68. The largest absolute Gasteiger partial charge is 0.387 e. The molecule has 14 N–H and O–H groups in total. The highest BCUT2D eigenvalue weighted by Crippen LogP contribution is 2.43. The number of aryl methyl sites for hydroxylation is 7. The molecule has 21 fully saturated rings. The molecule has 21 heterocycles. The van der Waals surface area contributed by atoms with Crippen molar-refractivity contribution in [2.75, 3.05) is 46.2 Å². The predicted molar refractivity (Wildman–Crippen MR) is 489 cm³/mol. The molecule has 147 heavy (non-hydrogen) atoms. The Morgan fingerprint density at radius 3 is 0.354 bits per heavy atom. The minimum Gasteiger partial charge on any atom is -0.387 e. The number of ether oxygens (including phenoxy) is 14. The quantitative estimate of drug-likeness (QED) is 0.0215. The van der Waals surface area contributed by atoms with Crippen molar-refractivity contribution in [1.82, 2.24) is 0 Å². The maximum atomic E-state index is 14.3.